The fourth-order valence-electron chi connectivity index (χ4n) is 1.98. The molecule has 0 aliphatic carbocycles. The van der Waals surface area contributed by atoms with Crippen LogP contribution in [0.25, 0.3) is 10.9 Å². The summed E-state index contributed by atoms with van der Waals surface area (Å²) in [5, 5.41) is 2.29. The van der Waals surface area contributed by atoms with Gasteiger partial charge in [0.25, 0.3) is 0 Å². The van der Waals surface area contributed by atoms with Crippen LogP contribution in [0.5, 0.6) is 0 Å². The van der Waals surface area contributed by atoms with E-state index in [2.05, 4.69) is 58.2 Å². The Morgan fingerprint density at radius 1 is 1.29 bits per heavy atom. The second kappa shape index (κ2) is 5.97. The second-order valence-corrected chi connectivity index (χ2v) is 4.99. The van der Waals surface area contributed by atoms with Crippen LogP contribution in [-0.2, 0) is 6.42 Å². The number of nitrogens with zero attached hydrogens (tertiary/aromatic N) is 1. The number of benzene rings is 1. The van der Waals surface area contributed by atoms with Gasteiger partial charge in [-0.15, -0.1) is 0 Å². The number of hydrogen-bond donors (Lipinski definition) is 0. The number of hydrogen-bond acceptors (Lipinski definition) is 1. The van der Waals surface area contributed by atoms with Gasteiger partial charge in [0.15, 0.2) is 0 Å². The van der Waals surface area contributed by atoms with E-state index in [0.29, 0.717) is 0 Å². The summed E-state index contributed by atoms with van der Waals surface area (Å²) in [6.45, 7) is 2.19. The zero-order valence-corrected chi connectivity index (χ0v) is 11.6. The van der Waals surface area contributed by atoms with Gasteiger partial charge in [-0.2, -0.15) is 0 Å². The van der Waals surface area contributed by atoms with Gasteiger partial charge in [-0.3, -0.25) is 4.98 Å². The van der Waals surface area contributed by atoms with E-state index in [0.717, 1.165) is 23.7 Å². The molecule has 0 saturated heterocycles. The smallest absolute Gasteiger partial charge is 0.0704 e. The summed E-state index contributed by atoms with van der Waals surface area (Å²) in [6, 6.07) is 10.4. The molecule has 0 N–H and O–H groups in total. The molecule has 0 radical (unpaired) electrons. The first-order valence-electron chi connectivity index (χ1n) is 5.85. The Labute approximate surface area is 111 Å². The van der Waals surface area contributed by atoms with Gasteiger partial charge >= 0.3 is 0 Å². The van der Waals surface area contributed by atoms with Crippen LogP contribution < -0.4 is 0 Å². The Hall–Kier alpha value is -1.15. The first kappa shape index (κ1) is 12.3. The first-order chi connectivity index (χ1) is 8.31. The Kier molecular flexibility index (Phi) is 4.32. The van der Waals surface area contributed by atoms with E-state index in [1.165, 1.54) is 16.5 Å². The van der Waals surface area contributed by atoms with Crippen LogP contribution in [0.4, 0.5) is 0 Å². The zero-order valence-electron chi connectivity index (χ0n) is 9.99. The van der Waals surface area contributed by atoms with Crippen LogP contribution in [-0.4, -0.2) is 10.3 Å². The highest BCUT2D eigenvalue weighted by Crippen LogP contribution is 2.19. The molecular weight excluding hydrogens is 274 g/mol. The molecule has 2 heteroatoms. The summed E-state index contributed by atoms with van der Waals surface area (Å²) in [4.78, 5) is 4.38. The van der Waals surface area contributed by atoms with Crippen LogP contribution in [0.1, 0.15) is 18.9 Å². The Bertz CT molecular complexity index is 526. The van der Waals surface area contributed by atoms with E-state index in [1.807, 2.05) is 12.3 Å². The van der Waals surface area contributed by atoms with Crippen molar-refractivity contribution in [2.45, 2.75) is 19.8 Å². The third kappa shape index (κ3) is 3.16. The van der Waals surface area contributed by atoms with Crippen molar-refractivity contribution < 1.29 is 0 Å². The number of alkyl halides is 1. The van der Waals surface area contributed by atoms with Crippen LogP contribution in [0.3, 0.4) is 0 Å². The fraction of sp³-hybridized carbons (Fsp3) is 0.267. The van der Waals surface area contributed by atoms with Gasteiger partial charge in [0.1, 0.15) is 0 Å². The molecule has 0 spiro atoms. The summed E-state index contributed by atoms with van der Waals surface area (Å²) in [6.07, 6.45) is 6.30. The maximum atomic E-state index is 4.38. The molecule has 1 nitrogen and oxygen atoms in total. The van der Waals surface area contributed by atoms with E-state index in [-0.39, 0.29) is 0 Å². The highest BCUT2D eigenvalue weighted by Gasteiger charge is 2.01. The molecule has 88 valence electrons. The van der Waals surface area contributed by atoms with Gasteiger partial charge in [-0.1, -0.05) is 45.8 Å². The monoisotopic (exact) mass is 289 g/mol. The normalized spacial score (nSPS) is 12.0. The van der Waals surface area contributed by atoms with Crippen molar-refractivity contribution in [3.63, 3.8) is 0 Å². The highest BCUT2D eigenvalue weighted by molar-refractivity contribution is 9.09. The van der Waals surface area contributed by atoms with Gasteiger partial charge in [-0.05, 0) is 37.5 Å². The lowest BCUT2D eigenvalue weighted by molar-refractivity contribution is 1.10. The molecule has 0 saturated carbocycles. The lowest BCUT2D eigenvalue weighted by Gasteiger charge is -2.06. The predicted molar refractivity (Wildman–Crippen MR) is 77.6 cm³/mol. The van der Waals surface area contributed by atoms with Gasteiger partial charge in [0.2, 0.25) is 0 Å². The molecule has 0 atom stereocenters. The molecule has 0 amide bonds. The number of rotatable bonds is 4. The maximum absolute atomic E-state index is 4.38. The van der Waals surface area contributed by atoms with Gasteiger partial charge < -0.3 is 0 Å². The summed E-state index contributed by atoms with van der Waals surface area (Å²) >= 11 is 3.45. The Balaban J connectivity index is 2.30. The van der Waals surface area contributed by atoms with E-state index < -0.39 is 0 Å². The second-order valence-electron chi connectivity index (χ2n) is 4.19. The Morgan fingerprint density at radius 3 is 2.94 bits per heavy atom. The van der Waals surface area contributed by atoms with E-state index in [1.54, 1.807) is 0 Å². The lowest BCUT2D eigenvalue weighted by Crippen LogP contribution is -1.91. The number of halogens is 1. The SMILES string of the molecule is CC(=CCCBr)Cc1ccnc2ccccc12. The quantitative estimate of drug-likeness (QED) is 0.596. The van der Waals surface area contributed by atoms with Crippen molar-refractivity contribution >= 4 is 26.8 Å². The summed E-state index contributed by atoms with van der Waals surface area (Å²) in [5.41, 5.74) is 3.86. The van der Waals surface area contributed by atoms with E-state index >= 15 is 0 Å². The fourth-order valence-corrected chi connectivity index (χ4v) is 2.21. The van der Waals surface area contributed by atoms with Gasteiger partial charge in [0.05, 0.1) is 5.52 Å². The number of aromatic nitrogens is 1. The van der Waals surface area contributed by atoms with E-state index in [9.17, 15) is 0 Å². The third-order valence-corrected chi connectivity index (χ3v) is 3.27. The molecule has 0 aliphatic rings. The van der Waals surface area contributed by atoms with Crippen LogP contribution >= 0.6 is 15.9 Å². The molecule has 17 heavy (non-hydrogen) atoms. The predicted octanol–water partition coefficient (Wildman–Crippen LogP) is 4.51. The topological polar surface area (TPSA) is 12.9 Å². The van der Waals surface area contributed by atoms with E-state index in [4.69, 9.17) is 0 Å². The highest BCUT2D eigenvalue weighted by atomic mass is 79.9. The molecule has 2 aromatic rings. The average Bonchev–Trinajstić information content (AvgIpc) is 2.37. The molecule has 2 rings (SSSR count). The summed E-state index contributed by atoms with van der Waals surface area (Å²) in [7, 11) is 0. The molecule has 0 aliphatic heterocycles. The van der Waals surface area contributed by atoms with Crippen LogP contribution in [0, 0.1) is 0 Å². The van der Waals surface area contributed by atoms with Crippen molar-refractivity contribution in [3.8, 4) is 0 Å². The molecular formula is C15H16BrN. The number of pyridine rings is 1. The minimum Gasteiger partial charge on any atom is -0.256 e. The van der Waals surface area contributed by atoms with Gasteiger partial charge in [-0.25, -0.2) is 0 Å². The van der Waals surface area contributed by atoms with Crippen molar-refractivity contribution in [2.24, 2.45) is 0 Å². The van der Waals surface area contributed by atoms with Crippen LogP contribution in [0.2, 0.25) is 0 Å². The Morgan fingerprint density at radius 2 is 2.12 bits per heavy atom. The zero-order chi connectivity index (χ0) is 12.1. The third-order valence-electron chi connectivity index (χ3n) is 2.81. The van der Waals surface area contributed by atoms with Crippen molar-refractivity contribution in [1.82, 2.24) is 4.98 Å². The average molecular weight is 290 g/mol. The van der Waals surface area contributed by atoms with Crippen molar-refractivity contribution in [2.75, 3.05) is 5.33 Å². The van der Waals surface area contributed by atoms with Crippen molar-refractivity contribution in [1.29, 1.82) is 0 Å². The maximum Gasteiger partial charge on any atom is 0.0704 e. The van der Waals surface area contributed by atoms with Crippen molar-refractivity contribution in [3.05, 3.63) is 53.7 Å². The minimum atomic E-state index is 1.01. The minimum absolute atomic E-state index is 1.01. The number of fused-ring (bicyclic) bond motifs is 1. The standard InChI is InChI=1S/C15H16BrN/c1-12(5-4-9-16)11-13-8-10-17-15-7-3-2-6-14(13)15/h2-3,5-8,10H,4,9,11H2,1H3. The number of allylic oxidation sites excluding steroid dienone is 2. The molecule has 1 aromatic heterocycles. The molecule has 1 aromatic carbocycles. The largest absolute Gasteiger partial charge is 0.256 e. The lowest BCUT2D eigenvalue weighted by atomic mass is 10.0. The number of para-hydroxylation sites is 1. The van der Waals surface area contributed by atoms with Gasteiger partial charge in [0, 0.05) is 16.9 Å². The molecule has 0 bridgehead atoms. The molecule has 0 fully saturated rings. The first-order valence-corrected chi connectivity index (χ1v) is 6.97. The molecule has 1 heterocycles. The summed E-state index contributed by atoms with van der Waals surface area (Å²) in [5.74, 6) is 0. The molecule has 0 unspecified atom stereocenters. The summed E-state index contributed by atoms with van der Waals surface area (Å²) < 4.78 is 0. The van der Waals surface area contributed by atoms with Crippen LogP contribution in [0.15, 0.2) is 48.2 Å².